The summed E-state index contributed by atoms with van der Waals surface area (Å²) in [5.74, 6) is 1.64. The van der Waals surface area contributed by atoms with Crippen molar-refractivity contribution >= 4 is 28.7 Å². The molecule has 1 N–H and O–H groups in total. The fourth-order valence-electron chi connectivity index (χ4n) is 2.29. The first-order valence-electron chi connectivity index (χ1n) is 6.47. The smallest absolute Gasteiger partial charge is 0.195 e. The molecule has 0 unspecified atom stereocenters. The minimum Gasteiger partial charge on any atom is -0.348 e. The zero-order valence-corrected chi connectivity index (χ0v) is 12.7. The minimum atomic E-state index is 0.622. The third kappa shape index (κ3) is 2.44. The molecule has 7 heteroatoms. The third-order valence-electron chi connectivity index (χ3n) is 3.66. The van der Waals surface area contributed by atoms with Crippen LogP contribution in [0.1, 0.15) is 19.8 Å². The Hall–Kier alpha value is -1.21. The molecule has 0 spiro atoms. The summed E-state index contributed by atoms with van der Waals surface area (Å²) < 4.78 is 2.48. The van der Waals surface area contributed by atoms with Gasteiger partial charge in [-0.25, -0.2) is 4.98 Å². The molecule has 19 heavy (non-hydrogen) atoms. The molecular weight excluding hydrogens is 278 g/mol. The van der Waals surface area contributed by atoms with Crippen molar-refractivity contribution in [2.75, 3.05) is 18.0 Å². The summed E-state index contributed by atoms with van der Waals surface area (Å²) >= 11 is 6.81. The number of thiazole rings is 1. The number of piperidine rings is 1. The van der Waals surface area contributed by atoms with Crippen LogP contribution >= 0.6 is 23.6 Å². The number of anilines is 1. The number of hydrogen-bond donors (Lipinski definition) is 1. The normalized spacial score (nSPS) is 17.1. The molecule has 2 aromatic rings. The van der Waals surface area contributed by atoms with Gasteiger partial charge in [-0.2, -0.15) is 5.10 Å². The van der Waals surface area contributed by atoms with Crippen LogP contribution in [0.4, 0.5) is 5.13 Å². The third-order valence-corrected chi connectivity index (χ3v) is 4.92. The average Bonchev–Trinajstić information content (AvgIpc) is 2.99. The monoisotopic (exact) mass is 295 g/mol. The van der Waals surface area contributed by atoms with Gasteiger partial charge >= 0.3 is 0 Å². The van der Waals surface area contributed by atoms with Gasteiger partial charge in [-0.05, 0) is 31.0 Å². The number of aromatic nitrogens is 4. The molecular formula is C12H17N5S2. The maximum absolute atomic E-state index is 5.13. The summed E-state index contributed by atoms with van der Waals surface area (Å²) in [6, 6.07) is 0. The van der Waals surface area contributed by atoms with Crippen LogP contribution in [0.25, 0.3) is 11.5 Å². The molecule has 102 valence electrons. The second kappa shape index (κ2) is 5.05. The molecule has 0 radical (unpaired) electrons. The lowest BCUT2D eigenvalue weighted by atomic mass is 10.00. The van der Waals surface area contributed by atoms with E-state index in [1.54, 1.807) is 11.3 Å². The van der Waals surface area contributed by atoms with Crippen molar-refractivity contribution in [2.24, 2.45) is 13.0 Å². The summed E-state index contributed by atoms with van der Waals surface area (Å²) in [5, 5.41) is 10.2. The highest BCUT2D eigenvalue weighted by Crippen LogP contribution is 2.29. The zero-order valence-electron chi connectivity index (χ0n) is 11.1. The number of rotatable bonds is 2. The number of H-pyrrole nitrogens is 1. The fraction of sp³-hybridized carbons (Fsp3) is 0.583. The van der Waals surface area contributed by atoms with Gasteiger partial charge in [-0.15, -0.1) is 11.3 Å². The quantitative estimate of drug-likeness (QED) is 0.866. The van der Waals surface area contributed by atoms with E-state index < -0.39 is 0 Å². The molecule has 1 saturated heterocycles. The largest absolute Gasteiger partial charge is 0.348 e. The number of aromatic amines is 1. The second-order valence-electron chi connectivity index (χ2n) is 5.10. The molecule has 0 aliphatic carbocycles. The van der Waals surface area contributed by atoms with Crippen molar-refractivity contribution < 1.29 is 0 Å². The summed E-state index contributed by atoms with van der Waals surface area (Å²) in [5.41, 5.74) is 0.897. The van der Waals surface area contributed by atoms with Crippen molar-refractivity contribution in [1.82, 2.24) is 19.7 Å². The Morgan fingerprint density at radius 1 is 1.42 bits per heavy atom. The summed E-state index contributed by atoms with van der Waals surface area (Å²) in [6.45, 7) is 4.53. The highest BCUT2D eigenvalue weighted by molar-refractivity contribution is 7.71. The number of nitrogens with zero attached hydrogens (tertiary/aromatic N) is 4. The van der Waals surface area contributed by atoms with Crippen LogP contribution in [0.2, 0.25) is 0 Å². The lowest BCUT2D eigenvalue weighted by Crippen LogP contribution is -2.32. The maximum Gasteiger partial charge on any atom is 0.195 e. The van der Waals surface area contributed by atoms with Gasteiger partial charge in [-0.1, -0.05) is 6.92 Å². The van der Waals surface area contributed by atoms with Crippen LogP contribution in [0.5, 0.6) is 0 Å². The average molecular weight is 295 g/mol. The molecule has 0 bridgehead atoms. The number of nitrogens with one attached hydrogen (secondary N) is 1. The van der Waals surface area contributed by atoms with E-state index in [-0.39, 0.29) is 0 Å². The molecule has 0 aromatic carbocycles. The fourth-order valence-corrected chi connectivity index (χ4v) is 3.28. The minimum absolute atomic E-state index is 0.622. The Balaban J connectivity index is 1.83. The van der Waals surface area contributed by atoms with Gasteiger partial charge in [0, 0.05) is 25.5 Å². The Morgan fingerprint density at radius 3 is 2.79 bits per heavy atom. The Labute approximate surface area is 121 Å². The van der Waals surface area contributed by atoms with Crippen LogP contribution in [0.3, 0.4) is 0 Å². The van der Waals surface area contributed by atoms with Crippen molar-refractivity contribution in [2.45, 2.75) is 19.8 Å². The lowest BCUT2D eigenvalue weighted by Gasteiger charge is -2.29. The van der Waals surface area contributed by atoms with E-state index in [0.717, 1.165) is 35.7 Å². The Morgan fingerprint density at radius 2 is 2.16 bits per heavy atom. The van der Waals surface area contributed by atoms with E-state index in [2.05, 4.69) is 27.4 Å². The first-order valence-corrected chi connectivity index (χ1v) is 7.76. The molecule has 2 aromatic heterocycles. The Kier molecular flexibility index (Phi) is 3.40. The molecule has 0 amide bonds. The molecule has 3 rings (SSSR count). The van der Waals surface area contributed by atoms with Crippen LogP contribution in [-0.2, 0) is 7.05 Å². The topological polar surface area (TPSA) is 49.7 Å². The summed E-state index contributed by atoms with van der Waals surface area (Å²) in [4.78, 5) is 7.07. The first-order chi connectivity index (χ1) is 9.15. The molecule has 1 aliphatic heterocycles. The van der Waals surface area contributed by atoms with E-state index in [4.69, 9.17) is 17.2 Å². The van der Waals surface area contributed by atoms with Gasteiger partial charge in [-0.3, -0.25) is 5.10 Å². The van der Waals surface area contributed by atoms with E-state index in [1.807, 2.05) is 11.6 Å². The van der Waals surface area contributed by atoms with E-state index in [9.17, 15) is 0 Å². The standard InChI is InChI=1S/C12H17N5S2/c1-8-3-5-17(6-4-8)12-13-9(7-19-12)10-14-15-11(18)16(10)2/h7-8H,3-6H2,1-2H3,(H,15,18). The molecule has 5 nitrogen and oxygen atoms in total. The van der Waals surface area contributed by atoms with Crippen molar-refractivity contribution in [3.63, 3.8) is 0 Å². The first kappa shape index (κ1) is 12.8. The SMILES string of the molecule is CC1CCN(c2nc(-c3n[nH]c(=S)n3C)cs2)CC1. The summed E-state index contributed by atoms with van der Waals surface area (Å²) in [6.07, 6.45) is 2.50. The predicted octanol–water partition coefficient (Wildman–Crippen LogP) is 2.84. The molecule has 0 atom stereocenters. The van der Waals surface area contributed by atoms with Gasteiger partial charge < -0.3 is 9.47 Å². The van der Waals surface area contributed by atoms with E-state index in [0.29, 0.717) is 4.77 Å². The molecule has 1 aliphatic rings. The zero-order chi connectivity index (χ0) is 13.4. The van der Waals surface area contributed by atoms with Crippen LogP contribution in [0.15, 0.2) is 5.38 Å². The highest BCUT2D eigenvalue weighted by Gasteiger charge is 2.19. The van der Waals surface area contributed by atoms with E-state index >= 15 is 0 Å². The van der Waals surface area contributed by atoms with Gasteiger partial charge in [0.25, 0.3) is 0 Å². The van der Waals surface area contributed by atoms with Crippen LogP contribution in [-0.4, -0.2) is 32.8 Å². The molecule has 0 saturated carbocycles. The highest BCUT2D eigenvalue weighted by atomic mass is 32.1. The summed E-state index contributed by atoms with van der Waals surface area (Å²) in [7, 11) is 1.91. The van der Waals surface area contributed by atoms with E-state index in [1.165, 1.54) is 12.8 Å². The molecule has 1 fully saturated rings. The van der Waals surface area contributed by atoms with Gasteiger partial charge in [0.1, 0.15) is 5.69 Å². The molecule has 3 heterocycles. The Bertz CT molecular complexity index is 618. The van der Waals surface area contributed by atoms with Crippen LogP contribution in [0, 0.1) is 10.7 Å². The van der Waals surface area contributed by atoms with Crippen molar-refractivity contribution in [3.8, 4) is 11.5 Å². The lowest BCUT2D eigenvalue weighted by molar-refractivity contribution is 0.438. The van der Waals surface area contributed by atoms with Gasteiger partial charge in [0.15, 0.2) is 15.7 Å². The predicted molar refractivity (Wildman–Crippen MR) is 80.1 cm³/mol. The number of hydrogen-bond acceptors (Lipinski definition) is 5. The van der Waals surface area contributed by atoms with Gasteiger partial charge in [0.2, 0.25) is 0 Å². The maximum atomic E-state index is 5.13. The van der Waals surface area contributed by atoms with Crippen LogP contribution < -0.4 is 4.90 Å². The second-order valence-corrected chi connectivity index (χ2v) is 6.32. The van der Waals surface area contributed by atoms with Gasteiger partial charge in [0.05, 0.1) is 0 Å². The van der Waals surface area contributed by atoms with Crippen molar-refractivity contribution in [3.05, 3.63) is 10.2 Å². The van der Waals surface area contributed by atoms with Crippen molar-refractivity contribution in [1.29, 1.82) is 0 Å².